The molecule has 0 bridgehead atoms. The molecule has 0 aliphatic rings. The van der Waals surface area contributed by atoms with Crippen LogP contribution in [0.5, 0.6) is 0 Å². The summed E-state index contributed by atoms with van der Waals surface area (Å²) < 4.78 is 14.7. The molecule has 0 aliphatic heterocycles. The molecule has 4 nitrogen and oxygen atoms in total. The maximum atomic E-state index is 13.1. The molecule has 3 heterocycles. The van der Waals surface area contributed by atoms with Gasteiger partial charge in [0.25, 0.3) is 0 Å². The van der Waals surface area contributed by atoms with Crippen molar-refractivity contribution in [1.29, 1.82) is 0 Å². The standard InChI is InChI=1S/C11H5Cl2FN4/c12-7-4-16-11(13)17-10(7)8-5-15-9-3-6(14)1-2-18(8)9/h1-5H. The Morgan fingerprint density at radius 3 is 2.83 bits per heavy atom. The van der Waals surface area contributed by atoms with E-state index < -0.39 is 0 Å². The molecule has 0 saturated heterocycles. The van der Waals surface area contributed by atoms with Gasteiger partial charge in [-0.15, -0.1) is 0 Å². The molecule has 0 atom stereocenters. The molecule has 0 spiro atoms. The highest BCUT2D eigenvalue weighted by Gasteiger charge is 2.12. The third kappa shape index (κ3) is 1.81. The summed E-state index contributed by atoms with van der Waals surface area (Å²) in [6.07, 6.45) is 4.52. The first kappa shape index (κ1) is 11.4. The zero-order chi connectivity index (χ0) is 12.7. The lowest BCUT2D eigenvalue weighted by atomic mass is 10.3. The molecule has 0 saturated carbocycles. The van der Waals surface area contributed by atoms with Crippen molar-refractivity contribution in [1.82, 2.24) is 19.4 Å². The molecule has 3 aromatic heterocycles. The molecule has 18 heavy (non-hydrogen) atoms. The fourth-order valence-corrected chi connectivity index (χ4v) is 1.98. The van der Waals surface area contributed by atoms with E-state index in [1.54, 1.807) is 16.8 Å². The van der Waals surface area contributed by atoms with Crippen LogP contribution < -0.4 is 0 Å². The van der Waals surface area contributed by atoms with Crippen LogP contribution in [0.15, 0.2) is 30.7 Å². The van der Waals surface area contributed by atoms with Gasteiger partial charge < -0.3 is 0 Å². The summed E-state index contributed by atoms with van der Waals surface area (Å²) in [7, 11) is 0. The minimum atomic E-state index is -0.355. The Morgan fingerprint density at radius 1 is 1.17 bits per heavy atom. The highest BCUT2D eigenvalue weighted by Crippen LogP contribution is 2.26. The van der Waals surface area contributed by atoms with Crippen molar-refractivity contribution in [3.8, 4) is 11.4 Å². The first-order valence-electron chi connectivity index (χ1n) is 4.96. The summed E-state index contributed by atoms with van der Waals surface area (Å²) in [5, 5.41) is 0.442. The van der Waals surface area contributed by atoms with E-state index in [0.29, 0.717) is 22.1 Å². The van der Waals surface area contributed by atoms with E-state index in [1.165, 1.54) is 18.3 Å². The number of aromatic nitrogens is 4. The van der Waals surface area contributed by atoms with Gasteiger partial charge in [0.05, 0.1) is 23.1 Å². The first-order valence-corrected chi connectivity index (χ1v) is 5.72. The normalized spacial score (nSPS) is 11.1. The molecule has 3 rings (SSSR count). The fourth-order valence-electron chi connectivity index (χ4n) is 1.66. The van der Waals surface area contributed by atoms with Crippen molar-refractivity contribution >= 4 is 28.8 Å². The number of hydrogen-bond acceptors (Lipinski definition) is 3. The predicted molar refractivity (Wildman–Crippen MR) is 66.2 cm³/mol. The highest BCUT2D eigenvalue weighted by molar-refractivity contribution is 6.33. The SMILES string of the molecule is Fc1ccn2c(-c3nc(Cl)ncc3Cl)cnc2c1. The lowest BCUT2D eigenvalue weighted by Gasteiger charge is -2.03. The molecule has 0 amide bonds. The summed E-state index contributed by atoms with van der Waals surface area (Å²) >= 11 is 11.8. The van der Waals surface area contributed by atoms with Crippen LogP contribution in [0.2, 0.25) is 10.3 Å². The summed E-state index contributed by atoms with van der Waals surface area (Å²) in [4.78, 5) is 11.9. The lowest BCUT2D eigenvalue weighted by Crippen LogP contribution is -1.93. The van der Waals surface area contributed by atoms with E-state index in [0.717, 1.165) is 0 Å². The predicted octanol–water partition coefficient (Wildman–Crippen LogP) is 3.24. The van der Waals surface area contributed by atoms with Crippen LogP contribution in [0.3, 0.4) is 0 Å². The van der Waals surface area contributed by atoms with Gasteiger partial charge in [0.1, 0.15) is 17.2 Å². The van der Waals surface area contributed by atoms with Crippen molar-refractivity contribution in [2.75, 3.05) is 0 Å². The Hall–Kier alpha value is -1.72. The first-order chi connectivity index (χ1) is 8.65. The summed E-state index contributed by atoms with van der Waals surface area (Å²) in [6.45, 7) is 0. The number of pyridine rings is 1. The van der Waals surface area contributed by atoms with E-state index in [2.05, 4.69) is 15.0 Å². The van der Waals surface area contributed by atoms with Gasteiger partial charge in [0.15, 0.2) is 0 Å². The van der Waals surface area contributed by atoms with E-state index >= 15 is 0 Å². The number of fused-ring (bicyclic) bond motifs is 1. The van der Waals surface area contributed by atoms with Crippen LogP contribution in [-0.4, -0.2) is 19.4 Å². The summed E-state index contributed by atoms with van der Waals surface area (Å²) in [6, 6.07) is 2.65. The fraction of sp³-hybridized carbons (Fsp3) is 0. The van der Waals surface area contributed by atoms with Gasteiger partial charge in [-0.3, -0.25) is 4.40 Å². The quantitative estimate of drug-likeness (QED) is 0.644. The van der Waals surface area contributed by atoms with Gasteiger partial charge in [-0.2, -0.15) is 0 Å². The number of hydrogen-bond donors (Lipinski definition) is 0. The lowest BCUT2D eigenvalue weighted by molar-refractivity contribution is 0.626. The maximum Gasteiger partial charge on any atom is 0.223 e. The molecule has 0 radical (unpaired) electrons. The third-order valence-electron chi connectivity index (χ3n) is 2.43. The Labute approximate surface area is 111 Å². The zero-order valence-corrected chi connectivity index (χ0v) is 10.3. The Bertz CT molecular complexity index is 741. The molecule has 3 aromatic rings. The highest BCUT2D eigenvalue weighted by atomic mass is 35.5. The Kier molecular flexibility index (Phi) is 2.65. The second-order valence-electron chi connectivity index (χ2n) is 3.55. The number of nitrogens with zero attached hydrogens (tertiary/aromatic N) is 4. The number of imidazole rings is 1. The Balaban J connectivity index is 2.28. The third-order valence-corrected chi connectivity index (χ3v) is 2.89. The van der Waals surface area contributed by atoms with Gasteiger partial charge in [0.2, 0.25) is 5.28 Å². The molecule has 0 unspecified atom stereocenters. The molecular formula is C11H5Cl2FN4. The Morgan fingerprint density at radius 2 is 2.00 bits per heavy atom. The van der Waals surface area contributed by atoms with E-state index in [1.807, 2.05) is 0 Å². The smallest absolute Gasteiger partial charge is 0.223 e. The molecule has 0 aliphatic carbocycles. The van der Waals surface area contributed by atoms with Gasteiger partial charge >= 0.3 is 0 Å². The van der Waals surface area contributed by atoms with E-state index in [4.69, 9.17) is 23.2 Å². The van der Waals surface area contributed by atoms with Crippen LogP contribution in [0, 0.1) is 5.82 Å². The minimum Gasteiger partial charge on any atom is -0.298 e. The van der Waals surface area contributed by atoms with Crippen LogP contribution in [0.25, 0.3) is 17.0 Å². The summed E-state index contributed by atoms with van der Waals surface area (Å²) in [5.74, 6) is -0.355. The monoisotopic (exact) mass is 282 g/mol. The van der Waals surface area contributed by atoms with Crippen molar-refractivity contribution in [3.63, 3.8) is 0 Å². The molecule has 90 valence electrons. The van der Waals surface area contributed by atoms with Crippen molar-refractivity contribution < 1.29 is 4.39 Å². The molecule has 0 N–H and O–H groups in total. The van der Waals surface area contributed by atoms with Crippen molar-refractivity contribution in [2.45, 2.75) is 0 Å². The van der Waals surface area contributed by atoms with Gasteiger partial charge in [-0.1, -0.05) is 11.6 Å². The van der Waals surface area contributed by atoms with Crippen molar-refractivity contribution in [3.05, 3.63) is 46.8 Å². The molecular weight excluding hydrogens is 278 g/mol. The topological polar surface area (TPSA) is 43.1 Å². The second kappa shape index (κ2) is 4.19. The maximum absolute atomic E-state index is 13.1. The van der Waals surface area contributed by atoms with Gasteiger partial charge in [0, 0.05) is 12.3 Å². The zero-order valence-electron chi connectivity index (χ0n) is 8.81. The second-order valence-corrected chi connectivity index (χ2v) is 4.30. The van der Waals surface area contributed by atoms with Crippen molar-refractivity contribution in [2.24, 2.45) is 0 Å². The van der Waals surface area contributed by atoms with Gasteiger partial charge in [-0.05, 0) is 17.7 Å². The molecule has 0 fully saturated rings. The average Bonchev–Trinajstić information content (AvgIpc) is 2.75. The largest absolute Gasteiger partial charge is 0.298 e. The molecule has 7 heteroatoms. The van der Waals surface area contributed by atoms with E-state index in [-0.39, 0.29) is 11.1 Å². The van der Waals surface area contributed by atoms with Gasteiger partial charge in [-0.25, -0.2) is 19.3 Å². The van der Waals surface area contributed by atoms with E-state index in [9.17, 15) is 4.39 Å². The average molecular weight is 283 g/mol. The minimum absolute atomic E-state index is 0.0893. The van der Waals surface area contributed by atoms with Crippen LogP contribution >= 0.6 is 23.2 Å². The molecule has 0 aromatic carbocycles. The van der Waals surface area contributed by atoms with Crippen LogP contribution in [-0.2, 0) is 0 Å². The van der Waals surface area contributed by atoms with Crippen LogP contribution in [0.1, 0.15) is 0 Å². The van der Waals surface area contributed by atoms with Crippen LogP contribution in [0.4, 0.5) is 4.39 Å². The number of rotatable bonds is 1. The number of halogens is 3. The summed E-state index contributed by atoms with van der Waals surface area (Å²) in [5.41, 5.74) is 1.55.